The molecule has 5 heteroatoms. The minimum Gasteiger partial charge on any atom is -0.367 e. The van der Waals surface area contributed by atoms with Crippen LogP contribution in [0.4, 0.5) is 11.5 Å². The lowest BCUT2D eigenvalue weighted by atomic mass is 10.4. The summed E-state index contributed by atoms with van der Waals surface area (Å²) in [6, 6.07) is 3.25. The van der Waals surface area contributed by atoms with Gasteiger partial charge in [0.15, 0.2) is 5.82 Å². The summed E-state index contributed by atoms with van der Waals surface area (Å²) in [7, 11) is 0. The van der Waals surface area contributed by atoms with Crippen LogP contribution in [0.15, 0.2) is 23.5 Å². The predicted molar refractivity (Wildman–Crippen MR) is 47.2 cm³/mol. The summed E-state index contributed by atoms with van der Waals surface area (Å²) in [5.74, 6) is 0.484. The highest BCUT2D eigenvalue weighted by Gasteiger charge is 2.00. The summed E-state index contributed by atoms with van der Waals surface area (Å²) < 4.78 is 0. The average Bonchev–Trinajstić information content (AvgIpc) is 2.15. The number of anilines is 1. The molecular weight excluding hydrogens is 156 g/mol. The van der Waals surface area contributed by atoms with Gasteiger partial charge in [-0.25, -0.2) is 4.98 Å². The van der Waals surface area contributed by atoms with Gasteiger partial charge in [0.05, 0.1) is 0 Å². The summed E-state index contributed by atoms with van der Waals surface area (Å²) in [5, 5.41) is 5.69. The van der Waals surface area contributed by atoms with E-state index in [1.54, 1.807) is 18.3 Å². The van der Waals surface area contributed by atoms with Crippen molar-refractivity contribution in [3.63, 3.8) is 0 Å². The quantitative estimate of drug-likeness (QED) is 0.650. The van der Waals surface area contributed by atoms with Crippen LogP contribution in [0.5, 0.6) is 0 Å². The largest absolute Gasteiger partial charge is 0.367 e. The highest BCUT2D eigenvalue weighted by molar-refractivity contribution is 5.59. The van der Waals surface area contributed by atoms with E-state index in [-0.39, 0.29) is 0 Å². The first kappa shape index (κ1) is 8.61. The first-order chi connectivity index (χ1) is 5.88. The van der Waals surface area contributed by atoms with Gasteiger partial charge in [-0.1, -0.05) is 0 Å². The summed E-state index contributed by atoms with van der Waals surface area (Å²) in [6.45, 7) is 1.08. The zero-order chi connectivity index (χ0) is 8.81. The Labute approximate surface area is 70.0 Å². The SMILES string of the molecule is NCCNc1ncccc1N=O. The maximum Gasteiger partial charge on any atom is 0.155 e. The van der Waals surface area contributed by atoms with Gasteiger partial charge in [0.2, 0.25) is 0 Å². The van der Waals surface area contributed by atoms with E-state index < -0.39 is 0 Å². The Bertz CT molecular complexity index is 263. The zero-order valence-electron chi connectivity index (χ0n) is 6.53. The highest BCUT2D eigenvalue weighted by Crippen LogP contribution is 2.19. The molecule has 0 fully saturated rings. The van der Waals surface area contributed by atoms with E-state index in [1.165, 1.54) is 0 Å². The van der Waals surface area contributed by atoms with E-state index in [1.807, 2.05) is 0 Å². The topological polar surface area (TPSA) is 80.4 Å². The van der Waals surface area contributed by atoms with Gasteiger partial charge in [0.1, 0.15) is 5.69 Å². The third-order valence-electron chi connectivity index (χ3n) is 1.32. The molecule has 0 aliphatic rings. The van der Waals surface area contributed by atoms with Crippen LogP contribution in [0, 0.1) is 4.91 Å². The lowest BCUT2D eigenvalue weighted by molar-refractivity contribution is 1.01. The molecule has 0 aliphatic heterocycles. The maximum absolute atomic E-state index is 10.2. The number of hydrogen-bond acceptors (Lipinski definition) is 5. The Kier molecular flexibility index (Phi) is 3.16. The van der Waals surface area contributed by atoms with Crippen molar-refractivity contribution >= 4 is 11.5 Å². The molecule has 1 aromatic heterocycles. The number of nitrogens with one attached hydrogen (secondary N) is 1. The molecule has 64 valence electrons. The Hall–Kier alpha value is -1.49. The summed E-state index contributed by atoms with van der Waals surface area (Å²) >= 11 is 0. The molecule has 12 heavy (non-hydrogen) atoms. The number of rotatable bonds is 4. The molecular formula is C7H10N4O. The third kappa shape index (κ3) is 2.00. The van der Waals surface area contributed by atoms with Crippen LogP contribution >= 0.6 is 0 Å². The molecule has 1 heterocycles. The monoisotopic (exact) mass is 166 g/mol. The van der Waals surface area contributed by atoms with Crippen LogP contribution in [0.3, 0.4) is 0 Å². The second-order valence-electron chi connectivity index (χ2n) is 2.18. The number of hydrogen-bond donors (Lipinski definition) is 2. The van der Waals surface area contributed by atoms with Crippen molar-refractivity contribution in [2.24, 2.45) is 10.9 Å². The van der Waals surface area contributed by atoms with Crippen molar-refractivity contribution in [3.05, 3.63) is 23.2 Å². The van der Waals surface area contributed by atoms with E-state index in [9.17, 15) is 4.91 Å². The van der Waals surface area contributed by atoms with Crippen LogP contribution in [-0.4, -0.2) is 18.1 Å². The number of nitroso groups, excluding NO2 is 1. The predicted octanol–water partition coefficient (Wildman–Crippen LogP) is 0.850. The fraction of sp³-hybridized carbons (Fsp3) is 0.286. The first-order valence-corrected chi connectivity index (χ1v) is 3.61. The molecule has 0 unspecified atom stereocenters. The smallest absolute Gasteiger partial charge is 0.155 e. The van der Waals surface area contributed by atoms with Gasteiger partial charge in [0.25, 0.3) is 0 Å². The molecule has 0 spiro atoms. The fourth-order valence-corrected chi connectivity index (χ4v) is 0.797. The van der Waals surface area contributed by atoms with Crippen molar-refractivity contribution in [2.45, 2.75) is 0 Å². The summed E-state index contributed by atoms with van der Waals surface area (Å²) in [6.07, 6.45) is 1.59. The maximum atomic E-state index is 10.2. The van der Waals surface area contributed by atoms with E-state index >= 15 is 0 Å². The minimum absolute atomic E-state index is 0.311. The number of aromatic nitrogens is 1. The highest BCUT2D eigenvalue weighted by atomic mass is 16.3. The van der Waals surface area contributed by atoms with E-state index in [0.717, 1.165) is 0 Å². The second-order valence-corrected chi connectivity index (χ2v) is 2.18. The molecule has 1 aromatic rings. The molecule has 0 atom stereocenters. The molecule has 0 saturated heterocycles. The molecule has 5 nitrogen and oxygen atoms in total. The van der Waals surface area contributed by atoms with Gasteiger partial charge in [-0.05, 0) is 17.3 Å². The second kappa shape index (κ2) is 4.40. The van der Waals surface area contributed by atoms with Crippen molar-refractivity contribution < 1.29 is 0 Å². The summed E-state index contributed by atoms with van der Waals surface area (Å²) in [4.78, 5) is 14.2. The Morgan fingerprint density at radius 3 is 3.17 bits per heavy atom. The van der Waals surface area contributed by atoms with Gasteiger partial charge in [0, 0.05) is 19.3 Å². The standard InChI is InChI=1S/C7H10N4O/c8-3-5-10-7-6(11-12)2-1-4-9-7/h1-2,4H,3,5,8H2,(H,9,10). The van der Waals surface area contributed by atoms with E-state index in [4.69, 9.17) is 5.73 Å². The van der Waals surface area contributed by atoms with Crippen LogP contribution in [0.1, 0.15) is 0 Å². The van der Waals surface area contributed by atoms with E-state index in [2.05, 4.69) is 15.5 Å². The lowest BCUT2D eigenvalue weighted by Crippen LogP contribution is -2.13. The van der Waals surface area contributed by atoms with Crippen molar-refractivity contribution in [1.82, 2.24) is 4.98 Å². The van der Waals surface area contributed by atoms with Gasteiger partial charge in [-0.15, -0.1) is 4.91 Å². The molecule has 0 aromatic carbocycles. The first-order valence-electron chi connectivity index (χ1n) is 3.61. The van der Waals surface area contributed by atoms with Crippen LogP contribution in [0.2, 0.25) is 0 Å². The van der Waals surface area contributed by atoms with Gasteiger partial charge < -0.3 is 11.1 Å². The normalized spacial score (nSPS) is 9.42. The van der Waals surface area contributed by atoms with Crippen LogP contribution < -0.4 is 11.1 Å². The minimum atomic E-state index is 0.311. The van der Waals surface area contributed by atoms with Gasteiger partial charge >= 0.3 is 0 Å². The summed E-state index contributed by atoms with van der Waals surface area (Å²) in [5.41, 5.74) is 5.58. The molecule has 0 saturated carbocycles. The third-order valence-corrected chi connectivity index (χ3v) is 1.32. The van der Waals surface area contributed by atoms with Crippen molar-refractivity contribution in [3.8, 4) is 0 Å². The molecule has 0 amide bonds. The van der Waals surface area contributed by atoms with Crippen LogP contribution in [0.25, 0.3) is 0 Å². The van der Waals surface area contributed by atoms with Crippen molar-refractivity contribution in [1.29, 1.82) is 0 Å². The average molecular weight is 166 g/mol. The molecule has 3 N–H and O–H groups in total. The van der Waals surface area contributed by atoms with E-state index in [0.29, 0.717) is 24.6 Å². The molecule has 0 aliphatic carbocycles. The zero-order valence-corrected chi connectivity index (χ0v) is 6.53. The van der Waals surface area contributed by atoms with Gasteiger partial charge in [-0.2, -0.15) is 0 Å². The van der Waals surface area contributed by atoms with Crippen LogP contribution in [-0.2, 0) is 0 Å². The molecule has 1 rings (SSSR count). The van der Waals surface area contributed by atoms with Crippen molar-refractivity contribution in [2.75, 3.05) is 18.4 Å². The van der Waals surface area contributed by atoms with Gasteiger partial charge in [-0.3, -0.25) is 0 Å². The lowest BCUT2D eigenvalue weighted by Gasteiger charge is -2.03. The Morgan fingerprint density at radius 1 is 1.67 bits per heavy atom. The number of pyridine rings is 1. The Morgan fingerprint density at radius 2 is 2.50 bits per heavy atom. The number of nitrogens with zero attached hydrogens (tertiary/aromatic N) is 2. The Balaban J connectivity index is 2.75. The number of nitrogens with two attached hydrogens (primary N) is 1. The molecule has 0 bridgehead atoms. The fourth-order valence-electron chi connectivity index (χ4n) is 0.797. The molecule has 0 radical (unpaired) electrons.